The van der Waals surface area contributed by atoms with Crippen LogP contribution in [0, 0.1) is 0 Å². The van der Waals surface area contributed by atoms with E-state index in [2.05, 4.69) is 0 Å². The highest BCUT2D eigenvalue weighted by atomic mass is 16.5. The zero-order chi connectivity index (χ0) is 14.8. The summed E-state index contributed by atoms with van der Waals surface area (Å²) in [6.45, 7) is 0.579. The van der Waals surface area contributed by atoms with Crippen molar-refractivity contribution in [2.45, 2.75) is 18.6 Å². The second-order valence-corrected chi connectivity index (χ2v) is 5.20. The molecule has 1 aliphatic rings. The molecule has 2 N–H and O–H groups in total. The van der Waals surface area contributed by atoms with Crippen LogP contribution in [0.4, 0.5) is 0 Å². The molecule has 1 aliphatic heterocycles. The Hall–Kier alpha value is -2.33. The minimum absolute atomic E-state index is 0.00771. The molecule has 0 bridgehead atoms. The van der Waals surface area contributed by atoms with Crippen LogP contribution in [0.3, 0.4) is 0 Å². The van der Waals surface area contributed by atoms with Gasteiger partial charge in [0.05, 0.1) is 13.2 Å². The molecule has 4 heteroatoms. The van der Waals surface area contributed by atoms with Crippen LogP contribution in [0.15, 0.2) is 54.6 Å². The molecule has 2 aromatic carbocycles. The number of likely N-dealkylation sites (tertiary alicyclic amines) is 1. The molecule has 0 radical (unpaired) electrons. The van der Waals surface area contributed by atoms with Crippen LogP contribution in [0.1, 0.15) is 17.2 Å². The summed E-state index contributed by atoms with van der Waals surface area (Å²) in [4.78, 5) is 13.9. The SMILES string of the molecule is COc1cccc(C2C(N)C(=O)N2Cc2ccccc2)c1. The molecule has 1 heterocycles. The summed E-state index contributed by atoms with van der Waals surface area (Å²) in [5.41, 5.74) is 8.12. The van der Waals surface area contributed by atoms with Gasteiger partial charge in [0.25, 0.3) is 0 Å². The molecular weight excluding hydrogens is 264 g/mol. The Morgan fingerprint density at radius 2 is 1.90 bits per heavy atom. The maximum Gasteiger partial charge on any atom is 0.242 e. The second kappa shape index (κ2) is 5.58. The molecule has 21 heavy (non-hydrogen) atoms. The van der Waals surface area contributed by atoms with Crippen LogP contribution in [-0.4, -0.2) is 24.0 Å². The largest absolute Gasteiger partial charge is 0.497 e. The normalized spacial score (nSPS) is 21.0. The Bertz CT molecular complexity index is 642. The number of methoxy groups -OCH3 is 1. The molecule has 0 spiro atoms. The number of nitrogens with zero attached hydrogens (tertiary/aromatic N) is 1. The number of ether oxygens (including phenoxy) is 1. The standard InChI is InChI=1S/C17H18N2O2/c1-21-14-9-5-8-13(10-14)16-15(18)17(20)19(16)11-12-6-3-2-4-7-12/h2-10,15-16H,11,18H2,1H3. The molecule has 3 rings (SSSR count). The van der Waals surface area contributed by atoms with Crippen molar-refractivity contribution in [3.05, 3.63) is 65.7 Å². The highest BCUT2D eigenvalue weighted by Gasteiger charge is 2.45. The Morgan fingerprint density at radius 1 is 1.14 bits per heavy atom. The van der Waals surface area contributed by atoms with E-state index in [1.807, 2.05) is 59.5 Å². The molecular formula is C17H18N2O2. The number of carbonyl (C=O) groups is 1. The summed E-state index contributed by atoms with van der Waals surface area (Å²) in [7, 11) is 1.63. The van der Waals surface area contributed by atoms with E-state index in [9.17, 15) is 4.79 Å². The van der Waals surface area contributed by atoms with Crippen molar-refractivity contribution in [3.63, 3.8) is 0 Å². The third-order valence-electron chi connectivity index (χ3n) is 3.88. The Kier molecular flexibility index (Phi) is 3.62. The zero-order valence-corrected chi connectivity index (χ0v) is 11.9. The molecule has 0 aromatic heterocycles. The molecule has 2 unspecified atom stereocenters. The van der Waals surface area contributed by atoms with Crippen molar-refractivity contribution in [2.75, 3.05) is 7.11 Å². The van der Waals surface area contributed by atoms with Crippen molar-refractivity contribution in [3.8, 4) is 5.75 Å². The number of hydrogen-bond donors (Lipinski definition) is 1. The number of carbonyl (C=O) groups excluding carboxylic acids is 1. The van der Waals surface area contributed by atoms with Gasteiger partial charge in [-0.3, -0.25) is 4.79 Å². The second-order valence-electron chi connectivity index (χ2n) is 5.20. The van der Waals surface area contributed by atoms with Crippen molar-refractivity contribution in [2.24, 2.45) is 5.73 Å². The van der Waals surface area contributed by atoms with Crippen molar-refractivity contribution in [1.82, 2.24) is 4.90 Å². The lowest BCUT2D eigenvalue weighted by Crippen LogP contribution is -2.62. The third kappa shape index (κ3) is 2.50. The topological polar surface area (TPSA) is 55.6 Å². The van der Waals surface area contributed by atoms with E-state index in [0.29, 0.717) is 6.54 Å². The monoisotopic (exact) mass is 282 g/mol. The fourth-order valence-corrected chi connectivity index (χ4v) is 2.74. The van der Waals surface area contributed by atoms with E-state index < -0.39 is 6.04 Å². The summed E-state index contributed by atoms with van der Waals surface area (Å²) in [6, 6.07) is 17.1. The lowest BCUT2D eigenvalue weighted by atomic mass is 9.88. The fraction of sp³-hybridized carbons (Fsp3) is 0.235. The lowest BCUT2D eigenvalue weighted by molar-refractivity contribution is -0.150. The van der Waals surface area contributed by atoms with Gasteiger partial charge < -0.3 is 15.4 Å². The molecule has 4 nitrogen and oxygen atoms in total. The third-order valence-corrected chi connectivity index (χ3v) is 3.88. The quantitative estimate of drug-likeness (QED) is 0.874. The van der Waals surface area contributed by atoms with Crippen LogP contribution in [0.2, 0.25) is 0 Å². The van der Waals surface area contributed by atoms with E-state index in [1.54, 1.807) is 7.11 Å². The van der Waals surface area contributed by atoms with Gasteiger partial charge >= 0.3 is 0 Å². The van der Waals surface area contributed by atoms with Crippen LogP contribution >= 0.6 is 0 Å². The smallest absolute Gasteiger partial charge is 0.242 e. The van der Waals surface area contributed by atoms with Gasteiger partial charge in [0.15, 0.2) is 0 Å². The summed E-state index contributed by atoms with van der Waals surface area (Å²) in [5, 5.41) is 0. The number of nitrogens with two attached hydrogens (primary N) is 1. The van der Waals surface area contributed by atoms with Crippen molar-refractivity contribution >= 4 is 5.91 Å². The molecule has 0 saturated carbocycles. The van der Waals surface area contributed by atoms with Gasteiger partial charge in [-0.1, -0.05) is 42.5 Å². The molecule has 1 amide bonds. The maximum atomic E-state index is 12.1. The van der Waals surface area contributed by atoms with Crippen LogP contribution in [0.25, 0.3) is 0 Å². The minimum Gasteiger partial charge on any atom is -0.497 e. The van der Waals surface area contributed by atoms with Gasteiger partial charge in [-0.15, -0.1) is 0 Å². The predicted molar refractivity (Wildman–Crippen MR) is 80.7 cm³/mol. The minimum atomic E-state index is -0.471. The average molecular weight is 282 g/mol. The number of benzene rings is 2. The van der Waals surface area contributed by atoms with Crippen molar-refractivity contribution in [1.29, 1.82) is 0 Å². The van der Waals surface area contributed by atoms with Crippen molar-refractivity contribution < 1.29 is 9.53 Å². The zero-order valence-electron chi connectivity index (χ0n) is 11.9. The summed E-state index contributed by atoms with van der Waals surface area (Å²) >= 11 is 0. The molecule has 108 valence electrons. The molecule has 0 aliphatic carbocycles. The number of β-lactam (4-membered cyclic amide) rings is 1. The first-order valence-electron chi connectivity index (χ1n) is 6.94. The fourth-order valence-electron chi connectivity index (χ4n) is 2.74. The highest BCUT2D eigenvalue weighted by molar-refractivity contribution is 5.89. The van der Waals surface area contributed by atoms with Crippen LogP contribution < -0.4 is 10.5 Å². The van der Waals surface area contributed by atoms with Crippen LogP contribution in [-0.2, 0) is 11.3 Å². The van der Waals surface area contributed by atoms with E-state index in [0.717, 1.165) is 16.9 Å². The first kappa shape index (κ1) is 13.6. The summed E-state index contributed by atoms with van der Waals surface area (Å²) in [6.07, 6.45) is 0. The Morgan fingerprint density at radius 3 is 2.62 bits per heavy atom. The predicted octanol–water partition coefficient (Wildman–Crippen LogP) is 2.11. The Balaban J connectivity index is 1.84. The van der Waals surface area contributed by atoms with Gasteiger partial charge in [-0.2, -0.15) is 0 Å². The number of rotatable bonds is 4. The molecule has 2 atom stereocenters. The van der Waals surface area contributed by atoms with E-state index in [4.69, 9.17) is 10.5 Å². The van der Waals surface area contributed by atoms with Gasteiger partial charge in [0.1, 0.15) is 11.8 Å². The highest BCUT2D eigenvalue weighted by Crippen LogP contribution is 2.36. The number of amides is 1. The number of hydrogen-bond acceptors (Lipinski definition) is 3. The Labute approximate surface area is 124 Å². The summed E-state index contributed by atoms with van der Waals surface area (Å²) in [5.74, 6) is 0.769. The lowest BCUT2D eigenvalue weighted by Gasteiger charge is -2.45. The van der Waals surface area contributed by atoms with E-state index in [-0.39, 0.29) is 11.9 Å². The average Bonchev–Trinajstić information content (AvgIpc) is 2.55. The molecule has 1 fully saturated rings. The maximum absolute atomic E-state index is 12.1. The van der Waals surface area contributed by atoms with Gasteiger partial charge in [-0.05, 0) is 23.3 Å². The van der Waals surface area contributed by atoms with Gasteiger partial charge in [0.2, 0.25) is 5.91 Å². The van der Waals surface area contributed by atoms with Crippen LogP contribution in [0.5, 0.6) is 5.75 Å². The molecule has 1 saturated heterocycles. The van der Waals surface area contributed by atoms with E-state index in [1.165, 1.54) is 0 Å². The van der Waals surface area contributed by atoms with Gasteiger partial charge in [0, 0.05) is 6.54 Å². The van der Waals surface area contributed by atoms with Gasteiger partial charge in [-0.25, -0.2) is 0 Å². The summed E-state index contributed by atoms with van der Waals surface area (Å²) < 4.78 is 5.24. The molecule has 2 aromatic rings. The first-order valence-corrected chi connectivity index (χ1v) is 6.94. The van der Waals surface area contributed by atoms with E-state index >= 15 is 0 Å². The first-order chi connectivity index (χ1) is 10.2.